The molecule has 1 saturated heterocycles. The minimum atomic E-state index is -0.576. The zero-order valence-electron chi connectivity index (χ0n) is 7.45. The van der Waals surface area contributed by atoms with Gasteiger partial charge in [0.05, 0.1) is 12.0 Å². The quantitative estimate of drug-likeness (QED) is 0.591. The Hall–Kier alpha value is -0.570. The molecule has 1 rings (SSSR count). The Morgan fingerprint density at radius 3 is 2.67 bits per heavy atom. The van der Waals surface area contributed by atoms with Crippen LogP contribution in [0.1, 0.15) is 13.8 Å². The minimum absolute atomic E-state index is 0.0162. The van der Waals surface area contributed by atoms with Gasteiger partial charge in [0.25, 0.3) is 0 Å². The van der Waals surface area contributed by atoms with Gasteiger partial charge in [-0.05, 0) is 26.2 Å². The van der Waals surface area contributed by atoms with E-state index in [-0.39, 0.29) is 23.8 Å². The highest BCUT2D eigenvalue weighted by atomic mass is 16.3. The van der Waals surface area contributed by atoms with Gasteiger partial charge >= 0.3 is 0 Å². The Morgan fingerprint density at radius 1 is 1.75 bits per heavy atom. The fourth-order valence-corrected chi connectivity index (χ4v) is 1.52. The molecule has 0 unspecified atom stereocenters. The molecule has 1 heterocycles. The highest BCUT2D eigenvalue weighted by molar-refractivity contribution is 5.86. The zero-order valence-corrected chi connectivity index (χ0v) is 7.45. The third kappa shape index (κ3) is 1.46. The van der Waals surface area contributed by atoms with E-state index >= 15 is 0 Å². The molecule has 1 amide bonds. The van der Waals surface area contributed by atoms with E-state index in [1.165, 1.54) is 0 Å². The van der Waals surface area contributed by atoms with Gasteiger partial charge in [-0.15, -0.1) is 0 Å². The van der Waals surface area contributed by atoms with Crippen LogP contribution in [0.5, 0.6) is 0 Å². The fourth-order valence-electron chi connectivity index (χ4n) is 1.52. The highest BCUT2D eigenvalue weighted by Crippen LogP contribution is 2.26. The summed E-state index contributed by atoms with van der Waals surface area (Å²) < 4.78 is 0. The molecule has 2 N–H and O–H groups in total. The third-order valence-electron chi connectivity index (χ3n) is 2.41. The van der Waals surface area contributed by atoms with Crippen molar-refractivity contribution in [2.75, 3.05) is 0 Å². The smallest absolute Gasteiger partial charge is 0.228 e. The van der Waals surface area contributed by atoms with E-state index in [1.807, 2.05) is 13.3 Å². The number of β-lactam (4-membered cyclic amide) rings is 1. The summed E-state index contributed by atoms with van der Waals surface area (Å²) in [4.78, 5) is 11.0. The van der Waals surface area contributed by atoms with Crippen LogP contribution < -0.4 is 5.32 Å². The maximum atomic E-state index is 11.0. The van der Waals surface area contributed by atoms with E-state index in [1.54, 1.807) is 6.92 Å². The summed E-state index contributed by atoms with van der Waals surface area (Å²) in [6.45, 7) is 7.41. The van der Waals surface area contributed by atoms with E-state index in [9.17, 15) is 9.90 Å². The molecule has 12 heavy (non-hydrogen) atoms. The van der Waals surface area contributed by atoms with Gasteiger partial charge in [0.2, 0.25) is 5.91 Å². The van der Waals surface area contributed by atoms with E-state index in [0.29, 0.717) is 0 Å². The number of hydrogen-bond donors (Lipinski definition) is 2. The van der Waals surface area contributed by atoms with E-state index in [0.717, 1.165) is 0 Å². The topological polar surface area (TPSA) is 49.3 Å². The predicted octanol–water partition coefficient (Wildman–Crippen LogP) is 0.156. The molecule has 0 spiro atoms. The average molecular weight is 169 g/mol. The van der Waals surface area contributed by atoms with Crippen LogP contribution in [0.25, 0.3) is 0 Å². The molecule has 0 aliphatic carbocycles. The van der Waals surface area contributed by atoms with Crippen LogP contribution in [0.15, 0.2) is 0 Å². The lowest BCUT2D eigenvalue weighted by Crippen LogP contribution is -2.64. The van der Waals surface area contributed by atoms with Crippen LogP contribution in [0.3, 0.4) is 0 Å². The first kappa shape index (κ1) is 9.52. The Morgan fingerprint density at radius 2 is 2.33 bits per heavy atom. The van der Waals surface area contributed by atoms with Crippen molar-refractivity contribution in [3.8, 4) is 0 Å². The first-order valence-corrected chi connectivity index (χ1v) is 4.19. The first-order chi connectivity index (χ1) is 5.57. The van der Waals surface area contributed by atoms with Gasteiger partial charge in [-0.25, -0.2) is 0 Å². The number of carbonyl (C=O) groups excluding carboxylic acids is 1. The number of carbonyl (C=O) groups is 1. The highest BCUT2D eigenvalue weighted by Gasteiger charge is 2.44. The summed E-state index contributed by atoms with van der Waals surface area (Å²) >= 11 is 0. The average Bonchev–Trinajstić information content (AvgIpc) is 1.97. The van der Waals surface area contributed by atoms with Crippen LogP contribution in [0.2, 0.25) is 0 Å². The SMILES string of the molecule is [CH2][C@H]([CH]C)[C@H]1NC(=O)[C@@H]1[C@@H](C)O. The lowest BCUT2D eigenvalue weighted by Gasteiger charge is -2.41. The Bertz CT molecular complexity index is 179. The van der Waals surface area contributed by atoms with Gasteiger partial charge in [0.1, 0.15) is 0 Å². The van der Waals surface area contributed by atoms with Gasteiger partial charge < -0.3 is 10.4 Å². The summed E-state index contributed by atoms with van der Waals surface area (Å²) in [6, 6.07) is 0.0162. The summed E-state index contributed by atoms with van der Waals surface area (Å²) in [5, 5.41) is 12.0. The number of aliphatic hydroxyl groups is 1. The Labute approximate surface area is 73.2 Å². The molecule has 1 fully saturated rings. The van der Waals surface area contributed by atoms with E-state index in [4.69, 9.17) is 0 Å². The number of rotatable bonds is 3. The van der Waals surface area contributed by atoms with Gasteiger partial charge in [-0.2, -0.15) is 0 Å². The molecule has 2 radical (unpaired) electrons. The van der Waals surface area contributed by atoms with Gasteiger partial charge in [-0.3, -0.25) is 4.79 Å². The molecule has 1 aliphatic heterocycles. The summed E-state index contributed by atoms with van der Waals surface area (Å²) in [6.07, 6.45) is 1.35. The molecule has 1 aliphatic rings. The molecule has 0 saturated carbocycles. The minimum Gasteiger partial charge on any atom is -0.393 e. The fraction of sp³-hybridized carbons (Fsp3) is 0.667. The molecular weight excluding hydrogens is 154 g/mol. The van der Waals surface area contributed by atoms with Crippen molar-refractivity contribution in [2.45, 2.75) is 26.0 Å². The first-order valence-electron chi connectivity index (χ1n) is 4.19. The summed E-state index contributed by atoms with van der Waals surface area (Å²) in [7, 11) is 0. The van der Waals surface area contributed by atoms with Gasteiger partial charge in [-0.1, -0.05) is 6.92 Å². The summed E-state index contributed by atoms with van der Waals surface area (Å²) in [5.41, 5.74) is 0. The second kappa shape index (κ2) is 3.44. The molecule has 68 valence electrons. The molecule has 3 heteroatoms. The van der Waals surface area contributed by atoms with Crippen molar-refractivity contribution >= 4 is 5.91 Å². The third-order valence-corrected chi connectivity index (χ3v) is 2.41. The largest absolute Gasteiger partial charge is 0.393 e. The second-order valence-corrected chi connectivity index (χ2v) is 3.30. The van der Waals surface area contributed by atoms with Crippen molar-refractivity contribution in [1.82, 2.24) is 5.32 Å². The van der Waals surface area contributed by atoms with Crippen molar-refractivity contribution in [1.29, 1.82) is 0 Å². The van der Waals surface area contributed by atoms with E-state index < -0.39 is 6.10 Å². The Balaban J connectivity index is 2.53. The molecule has 0 aromatic heterocycles. The number of aliphatic hydroxyl groups excluding tert-OH is 1. The van der Waals surface area contributed by atoms with Crippen molar-refractivity contribution in [3.05, 3.63) is 13.3 Å². The maximum Gasteiger partial charge on any atom is 0.228 e. The van der Waals surface area contributed by atoms with Crippen LogP contribution in [-0.4, -0.2) is 23.2 Å². The molecule has 0 aromatic rings. The number of nitrogens with one attached hydrogen (secondary N) is 1. The maximum absolute atomic E-state index is 11.0. The molecule has 3 nitrogen and oxygen atoms in total. The van der Waals surface area contributed by atoms with Gasteiger partial charge in [0, 0.05) is 6.04 Å². The number of amides is 1. The lowest BCUT2D eigenvalue weighted by molar-refractivity contribution is -0.141. The molecule has 0 aromatic carbocycles. The second-order valence-electron chi connectivity index (χ2n) is 3.30. The molecular formula is C9H15NO2. The predicted molar refractivity (Wildman–Crippen MR) is 45.9 cm³/mol. The van der Waals surface area contributed by atoms with Gasteiger partial charge in [0.15, 0.2) is 0 Å². The van der Waals surface area contributed by atoms with Crippen molar-refractivity contribution in [2.24, 2.45) is 11.8 Å². The number of hydrogen-bond acceptors (Lipinski definition) is 2. The normalized spacial score (nSPS) is 33.5. The van der Waals surface area contributed by atoms with E-state index in [2.05, 4.69) is 12.2 Å². The molecule has 0 bridgehead atoms. The Kier molecular flexibility index (Phi) is 2.73. The van der Waals surface area contributed by atoms with Crippen LogP contribution in [0, 0.1) is 25.2 Å². The zero-order chi connectivity index (χ0) is 9.30. The van der Waals surface area contributed by atoms with Crippen LogP contribution >= 0.6 is 0 Å². The molecule has 4 atom stereocenters. The monoisotopic (exact) mass is 169 g/mol. The van der Waals surface area contributed by atoms with Crippen molar-refractivity contribution in [3.63, 3.8) is 0 Å². The lowest BCUT2D eigenvalue weighted by atomic mass is 9.78. The standard InChI is InChI=1S/C9H15NO2/c1-4-5(2)8-7(6(3)11)9(12)10-8/h4-8,11H,2H2,1,3H3,(H,10,12)/t5-,6-,7-,8-/m1/s1. The summed E-state index contributed by atoms with van der Waals surface area (Å²) in [5.74, 6) is -0.253. The van der Waals surface area contributed by atoms with Crippen LogP contribution in [-0.2, 0) is 4.79 Å². The van der Waals surface area contributed by atoms with Crippen LogP contribution in [0.4, 0.5) is 0 Å². The van der Waals surface area contributed by atoms with Crippen molar-refractivity contribution < 1.29 is 9.90 Å².